The summed E-state index contributed by atoms with van der Waals surface area (Å²) < 4.78 is 0. The smallest absolute Gasteiger partial charge is 0.255 e. The molecule has 3 amide bonds. The summed E-state index contributed by atoms with van der Waals surface area (Å²) in [5.41, 5.74) is 2.63. The Hall–Kier alpha value is -2.29. The van der Waals surface area contributed by atoms with Gasteiger partial charge in [0.05, 0.1) is 6.61 Å². The van der Waals surface area contributed by atoms with Gasteiger partial charge in [-0.25, -0.2) is 0 Å². The average molecular weight is 372 g/mol. The second kappa shape index (κ2) is 7.38. The van der Waals surface area contributed by atoms with Crippen molar-refractivity contribution in [1.82, 2.24) is 20.9 Å². The fourth-order valence-electron chi connectivity index (χ4n) is 4.18. The van der Waals surface area contributed by atoms with E-state index in [1.165, 1.54) is 0 Å². The van der Waals surface area contributed by atoms with Crippen molar-refractivity contribution in [1.29, 1.82) is 0 Å². The Morgan fingerprint density at radius 3 is 2.85 bits per heavy atom. The number of fused-ring (bicyclic) bond motifs is 1. The summed E-state index contributed by atoms with van der Waals surface area (Å²) in [4.78, 5) is 37.9. The molecule has 1 unspecified atom stereocenters. The van der Waals surface area contributed by atoms with Crippen molar-refractivity contribution in [2.75, 3.05) is 13.2 Å². The molecule has 4 rings (SSSR count). The zero-order chi connectivity index (χ0) is 19.0. The first-order valence-corrected chi connectivity index (χ1v) is 9.40. The largest absolute Gasteiger partial charge is 0.395 e. The van der Waals surface area contributed by atoms with Crippen LogP contribution >= 0.6 is 0 Å². The maximum absolute atomic E-state index is 12.8. The van der Waals surface area contributed by atoms with Gasteiger partial charge in [-0.05, 0) is 30.0 Å². The highest BCUT2D eigenvalue weighted by Crippen LogP contribution is 2.29. The molecule has 144 valence electrons. The summed E-state index contributed by atoms with van der Waals surface area (Å²) in [6, 6.07) is 5.48. The lowest BCUT2D eigenvalue weighted by Crippen LogP contribution is -2.52. The minimum absolute atomic E-state index is 0.133. The molecule has 0 spiro atoms. The Kier molecular flexibility index (Phi) is 4.94. The molecule has 1 aromatic rings. The van der Waals surface area contributed by atoms with E-state index in [0.29, 0.717) is 25.1 Å². The standard InChI is InChI=1S/C19H24N4O4/c24-10-13-6-12(8-21-13)20-7-11-2-1-3-14-15(11)9-23(19(14)27)16-4-5-17(25)22-18(16)26/h1-3,12-13,16,20-21,24H,4-10H2,(H,22,25,26)/t12-,13-,16?/m0/s1. The van der Waals surface area contributed by atoms with Crippen LogP contribution in [0.25, 0.3) is 0 Å². The van der Waals surface area contributed by atoms with Crippen LogP contribution in [0.4, 0.5) is 0 Å². The summed E-state index contributed by atoms with van der Waals surface area (Å²) in [6.07, 6.45) is 1.49. The number of aliphatic hydroxyl groups is 1. The van der Waals surface area contributed by atoms with E-state index in [-0.39, 0.29) is 42.8 Å². The van der Waals surface area contributed by atoms with Crippen LogP contribution in [0, 0.1) is 0 Å². The molecular weight excluding hydrogens is 348 g/mol. The van der Waals surface area contributed by atoms with Crippen LogP contribution < -0.4 is 16.0 Å². The van der Waals surface area contributed by atoms with E-state index < -0.39 is 6.04 Å². The van der Waals surface area contributed by atoms with Crippen LogP contribution in [0.3, 0.4) is 0 Å². The van der Waals surface area contributed by atoms with Crippen molar-refractivity contribution in [3.63, 3.8) is 0 Å². The molecular formula is C19H24N4O4. The Balaban J connectivity index is 1.46. The van der Waals surface area contributed by atoms with Gasteiger partial charge in [-0.15, -0.1) is 0 Å². The summed E-state index contributed by atoms with van der Waals surface area (Å²) in [6.45, 7) is 1.96. The zero-order valence-electron chi connectivity index (χ0n) is 15.0. The predicted octanol–water partition coefficient (Wildman–Crippen LogP) is -0.740. The summed E-state index contributed by atoms with van der Waals surface area (Å²) in [5.74, 6) is -0.819. The van der Waals surface area contributed by atoms with Crippen LogP contribution in [0.15, 0.2) is 18.2 Å². The maximum atomic E-state index is 12.8. The molecule has 0 aliphatic carbocycles. The van der Waals surface area contributed by atoms with Gasteiger partial charge in [0.15, 0.2) is 0 Å². The van der Waals surface area contributed by atoms with Crippen LogP contribution in [-0.2, 0) is 22.7 Å². The van der Waals surface area contributed by atoms with Crippen LogP contribution in [0.2, 0.25) is 0 Å². The van der Waals surface area contributed by atoms with E-state index >= 15 is 0 Å². The highest BCUT2D eigenvalue weighted by atomic mass is 16.3. The van der Waals surface area contributed by atoms with Crippen LogP contribution in [-0.4, -0.2) is 59.0 Å². The first kappa shape index (κ1) is 18.1. The summed E-state index contributed by atoms with van der Waals surface area (Å²) >= 11 is 0. The first-order chi connectivity index (χ1) is 13.1. The number of carbonyl (C=O) groups is 3. The number of hydrogen-bond acceptors (Lipinski definition) is 6. The normalized spacial score (nSPS) is 27.8. The Morgan fingerprint density at radius 2 is 2.11 bits per heavy atom. The Labute approximate surface area is 157 Å². The number of hydrogen-bond donors (Lipinski definition) is 4. The van der Waals surface area contributed by atoms with Crippen molar-refractivity contribution in [2.24, 2.45) is 0 Å². The number of amides is 3. The molecule has 0 aromatic heterocycles. The second-order valence-electron chi connectivity index (χ2n) is 7.44. The van der Waals surface area contributed by atoms with Gasteiger partial charge in [-0.3, -0.25) is 19.7 Å². The topological polar surface area (TPSA) is 111 Å². The molecule has 2 fully saturated rings. The van der Waals surface area contributed by atoms with E-state index in [9.17, 15) is 19.5 Å². The first-order valence-electron chi connectivity index (χ1n) is 9.40. The summed E-state index contributed by atoms with van der Waals surface area (Å²) in [7, 11) is 0. The van der Waals surface area contributed by atoms with Gasteiger partial charge in [0.2, 0.25) is 11.8 Å². The van der Waals surface area contributed by atoms with Gasteiger partial charge < -0.3 is 20.6 Å². The molecule has 8 heteroatoms. The van der Waals surface area contributed by atoms with E-state index in [1.807, 2.05) is 12.1 Å². The van der Waals surface area contributed by atoms with Gasteiger partial charge in [0.1, 0.15) is 6.04 Å². The van der Waals surface area contributed by atoms with E-state index in [2.05, 4.69) is 16.0 Å². The van der Waals surface area contributed by atoms with Crippen molar-refractivity contribution in [2.45, 2.75) is 50.5 Å². The molecule has 0 bridgehead atoms. The molecule has 3 aliphatic heterocycles. The molecule has 27 heavy (non-hydrogen) atoms. The lowest BCUT2D eigenvalue weighted by molar-refractivity contribution is -0.136. The van der Waals surface area contributed by atoms with Gasteiger partial charge >= 0.3 is 0 Å². The van der Waals surface area contributed by atoms with Crippen LogP contribution in [0.1, 0.15) is 40.7 Å². The fraction of sp³-hybridized carbons (Fsp3) is 0.526. The third-order valence-electron chi connectivity index (χ3n) is 5.70. The van der Waals surface area contributed by atoms with Gasteiger partial charge in [-0.2, -0.15) is 0 Å². The number of rotatable bonds is 5. The number of nitrogens with one attached hydrogen (secondary N) is 3. The molecule has 3 heterocycles. The number of carbonyl (C=O) groups excluding carboxylic acids is 3. The van der Waals surface area contributed by atoms with E-state index in [1.54, 1.807) is 11.0 Å². The highest BCUT2D eigenvalue weighted by Gasteiger charge is 2.39. The van der Waals surface area contributed by atoms with Crippen LogP contribution in [0.5, 0.6) is 0 Å². The van der Waals surface area contributed by atoms with Crippen molar-refractivity contribution < 1.29 is 19.5 Å². The number of piperidine rings is 1. The third-order valence-corrected chi connectivity index (χ3v) is 5.70. The lowest BCUT2D eigenvalue weighted by atomic mass is 10.0. The van der Waals surface area contributed by atoms with Crippen molar-refractivity contribution in [3.8, 4) is 0 Å². The molecule has 0 saturated carbocycles. The van der Waals surface area contributed by atoms with Crippen molar-refractivity contribution in [3.05, 3.63) is 34.9 Å². The molecule has 3 atom stereocenters. The second-order valence-corrected chi connectivity index (χ2v) is 7.44. The highest BCUT2D eigenvalue weighted by molar-refractivity contribution is 6.05. The SMILES string of the molecule is O=C1CCC(N2Cc3c(CN[C@@H]4CN[C@H](CO)C4)cccc3C2=O)C(=O)N1. The molecule has 0 radical (unpaired) electrons. The number of imide groups is 1. The molecule has 8 nitrogen and oxygen atoms in total. The third kappa shape index (κ3) is 3.47. The van der Waals surface area contributed by atoms with E-state index in [0.717, 1.165) is 24.1 Å². The number of aliphatic hydroxyl groups excluding tert-OH is 1. The molecule has 3 aliphatic rings. The van der Waals surface area contributed by atoms with E-state index in [4.69, 9.17) is 0 Å². The quantitative estimate of drug-likeness (QED) is 0.507. The minimum atomic E-state index is -0.590. The zero-order valence-corrected chi connectivity index (χ0v) is 15.0. The van der Waals surface area contributed by atoms with Crippen molar-refractivity contribution >= 4 is 17.7 Å². The Bertz CT molecular complexity index is 781. The predicted molar refractivity (Wildman–Crippen MR) is 96.6 cm³/mol. The fourth-order valence-corrected chi connectivity index (χ4v) is 4.18. The molecule has 2 saturated heterocycles. The minimum Gasteiger partial charge on any atom is -0.395 e. The average Bonchev–Trinajstić information content (AvgIpc) is 3.25. The monoisotopic (exact) mass is 372 g/mol. The summed E-state index contributed by atoms with van der Waals surface area (Å²) in [5, 5.41) is 18.3. The lowest BCUT2D eigenvalue weighted by Gasteiger charge is -2.29. The molecule has 4 N–H and O–H groups in total. The maximum Gasteiger partial charge on any atom is 0.255 e. The Morgan fingerprint density at radius 1 is 1.26 bits per heavy atom. The number of benzene rings is 1. The van der Waals surface area contributed by atoms with Gasteiger partial charge in [0, 0.05) is 43.7 Å². The molecule has 1 aromatic carbocycles. The van der Waals surface area contributed by atoms with Gasteiger partial charge in [-0.1, -0.05) is 12.1 Å². The van der Waals surface area contributed by atoms with Gasteiger partial charge in [0.25, 0.3) is 5.91 Å². The number of nitrogens with zero attached hydrogens (tertiary/aromatic N) is 1.